The first kappa shape index (κ1) is 11.5. The van der Waals surface area contributed by atoms with Crippen molar-refractivity contribution < 1.29 is 13.2 Å². The number of hydrogen-bond donors (Lipinski definition) is 1. The van der Waals surface area contributed by atoms with Gasteiger partial charge in [-0.3, -0.25) is 0 Å². The van der Waals surface area contributed by atoms with Crippen LogP contribution in [0.1, 0.15) is 24.0 Å². The molecular formula is C14H12F3N. The third kappa shape index (κ3) is 1.68. The van der Waals surface area contributed by atoms with Crippen LogP contribution in [0.3, 0.4) is 0 Å². The highest BCUT2D eigenvalue weighted by molar-refractivity contribution is 5.90. The van der Waals surface area contributed by atoms with Gasteiger partial charge in [0.15, 0.2) is 0 Å². The van der Waals surface area contributed by atoms with Gasteiger partial charge in [0.2, 0.25) is 0 Å². The Morgan fingerprint density at radius 1 is 0.944 bits per heavy atom. The molecule has 1 nitrogen and oxygen atoms in total. The lowest BCUT2D eigenvalue weighted by Gasteiger charge is -2.16. The van der Waals surface area contributed by atoms with E-state index in [2.05, 4.69) is 0 Å². The summed E-state index contributed by atoms with van der Waals surface area (Å²) in [6.07, 6.45) is -2.66. The summed E-state index contributed by atoms with van der Waals surface area (Å²) in [6.45, 7) is 0. The van der Waals surface area contributed by atoms with Crippen LogP contribution in [0, 0.1) is 0 Å². The Balaban J connectivity index is 2.31. The van der Waals surface area contributed by atoms with E-state index in [1.165, 1.54) is 12.1 Å². The van der Waals surface area contributed by atoms with Crippen molar-refractivity contribution in [2.75, 3.05) is 0 Å². The van der Waals surface area contributed by atoms with Crippen molar-refractivity contribution in [1.82, 2.24) is 0 Å². The lowest BCUT2D eigenvalue weighted by atomic mass is 9.95. The van der Waals surface area contributed by atoms with Crippen LogP contribution in [0.15, 0.2) is 36.4 Å². The van der Waals surface area contributed by atoms with Crippen LogP contribution in [0.2, 0.25) is 0 Å². The van der Waals surface area contributed by atoms with E-state index in [1.807, 2.05) is 6.07 Å². The molecule has 0 radical (unpaired) electrons. The minimum absolute atomic E-state index is 0.235. The number of halogens is 3. The summed E-state index contributed by atoms with van der Waals surface area (Å²) in [6, 6.07) is 9.26. The number of fused-ring (bicyclic) bond motifs is 1. The first-order valence-electron chi connectivity index (χ1n) is 5.80. The standard InChI is InChI=1S/C14H12F3N/c15-14(16,17)12-6-2-3-9-10(12)4-1-5-11(9)13(18)7-8-13/h1-6H,7-8,18H2. The van der Waals surface area contributed by atoms with Gasteiger partial charge in [0.1, 0.15) is 0 Å². The van der Waals surface area contributed by atoms with Gasteiger partial charge in [-0.25, -0.2) is 0 Å². The van der Waals surface area contributed by atoms with Crippen LogP contribution in [-0.2, 0) is 11.7 Å². The van der Waals surface area contributed by atoms with Gasteiger partial charge in [-0.2, -0.15) is 13.2 Å². The molecule has 0 saturated heterocycles. The molecule has 94 valence electrons. The molecule has 2 aromatic carbocycles. The second-order valence-electron chi connectivity index (χ2n) is 4.86. The van der Waals surface area contributed by atoms with E-state index in [0.29, 0.717) is 5.39 Å². The molecular weight excluding hydrogens is 239 g/mol. The number of rotatable bonds is 1. The fourth-order valence-electron chi connectivity index (χ4n) is 2.40. The molecule has 1 aliphatic carbocycles. The van der Waals surface area contributed by atoms with Crippen LogP contribution < -0.4 is 5.73 Å². The van der Waals surface area contributed by atoms with Crippen molar-refractivity contribution in [3.05, 3.63) is 47.5 Å². The van der Waals surface area contributed by atoms with Crippen LogP contribution >= 0.6 is 0 Å². The van der Waals surface area contributed by atoms with Gasteiger partial charge in [0, 0.05) is 5.54 Å². The van der Waals surface area contributed by atoms with Gasteiger partial charge in [0.25, 0.3) is 0 Å². The van der Waals surface area contributed by atoms with Crippen LogP contribution in [0.4, 0.5) is 13.2 Å². The zero-order valence-electron chi connectivity index (χ0n) is 9.59. The molecule has 0 aliphatic heterocycles. The average molecular weight is 251 g/mol. The Hall–Kier alpha value is -1.55. The molecule has 0 amide bonds. The maximum atomic E-state index is 12.9. The summed E-state index contributed by atoms with van der Waals surface area (Å²) in [7, 11) is 0. The lowest BCUT2D eigenvalue weighted by molar-refractivity contribution is -0.136. The van der Waals surface area contributed by atoms with Gasteiger partial charge < -0.3 is 5.73 Å². The van der Waals surface area contributed by atoms with Crippen molar-refractivity contribution in [3.63, 3.8) is 0 Å². The molecule has 18 heavy (non-hydrogen) atoms. The molecule has 0 spiro atoms. The summed E-state index contributed by atoms with van der Waals surface area (Å²) in [4.78, 5) is 0. The number of hydrogen-bond acceptors (Lipinski definition) is 1. The summed E-state index contributed by atoms with van der Waals surface area (Å²) in [5.74, 6) is 0. The van der Waals surface area contributed by atoms with Crippen LogP contribution in [0.25, 0.3) is 10.8 Å². The first-order valence-corrected chi connectivity index (χ1v) is 5.80. The fraction of sp³-hybridized carbons (Fsp3) is 0.286. The summed E-state index contributed by atoms with van der Waals surface area (Å²) >= 11 is 0. The SMILES string of the molecule is NC1(c2cccc3c(C(F)(F)F)cccc23)CC1. The number of alkyl halides is 3. The Morgan fingerprint density at radius 2 is 1.56 bits per heavy atom. The highest BCUT2D eigenvalue weighted by Crippen LogP contribution is 2.46. The predicted molar refractivity (Wildman–Crippen MR) is 64.0 cm³/mol. The highest BCUT2D eigenvalue weighted by atomic mass is 19.4. The first-order chi connectivity index (χ1) is 8.42. The van der Waals surface area contributed by atoms with E-state index >= 15 is 0 Å². The van der Waals surface area contributed by atoms with Gasteiger partial charge in [-0.05, 0) is 35.2 Å². The van der Waals surface area contributed by atoms with E-state index in [9.17, 15) is 13.2 Å². The van der Waals surface area contributed by atoms with Crippen molar-refractivity contribution >= 4 is 10.8 Å². The molecule has 0 aromatic heterocycles. The van der Waals surface area contributed by atoms with Crippen LogP contribution in [-0.4, -0.2) is 0 Å². The number of nitrogens with two attached hydrogens (primary N) is 1. The van der Waals surface area contributed by atoms with Crippen molar-refractivity contribution in [2.45, 2.75) is 24.6 Å². The van der Waals surface area contributed by atoms with E-state index in [4.69, 9.17) is 5.73 Å². The largest absolute Gasteiger partial charge is 0.417 e. The normalized spacial score (nSPS) is 18.0. The predicted octanol–water partition coefficient (Wildman–Crippen LogP) is 3.81. The number of benzene rings is 2. The molecule has 0 bridgehead atoms. The molecule has 2 aromatic rings. The quantitative estimate of drug-likeness (QED) is 0.819. The minimum Gasteiger partial charge on any atom is -0.321 e. The summed E-state index contributed by atoms with van der Waals surface area (Å²) in [5, 5.41) is 0.853. The zero-order valence-corrected chi connectivity index (χ0v) is 9.59. The van der Waals surface area contributed by atoms with Crippen molar-refractivity contribution in [1.29, 1.82) is 0 Å². The maximum Gasteiger partial charge on any atom is 0.417 e. The molecule has 0 atom stereocenters. The van der Waals surface area contributed by atoms with Gasteiger partial charge in [-0.15, -0.1) is 0 Å². The average Bonchev–Trinajstić information content (AvgIpc) is 3.05. The zero-order chi connectivity index (χ0) is 13.0. The lowest BCUT2D eigenvalue weighted by Crippen LogP contribution is -2.19. The molecule has 0 unspecified atom stereocenters. The summed E-state index contributed by atoms with van der Waals surface area (Å²) in [5.41, 5.74) is 5.92. The van der Waals surface area contributed by atoms with E-state index in [0.717, 1.165) is 24.5 Å². The van der Waals surface area contributed by atoms with E-state index in [-0.39, 0.29) is 5.39 Å². The molecule has 1 saturated carbocycles. The Bertz CT molecular complexity index is 567. The maximum absolute atomic E-state index is 12.9. The third-order valence-corrected chi connectivity index (χ3v) is 3.55. The topological polar surface area (TPSA) is 26.0 Å². The second kappa shape index (κ2) is 3.48. The van der Waals surface area contributed by atoms with Crippen LogP contribution in [0.5, 0.6) is 0 Å². The van der Waals surface area contributed by atoms with Gasteiger partial charge >= 0.3 is 6.18 Å². The smallest absolute Gasteiger partial charge is 0.321 e. The monoisotopic (exact) mass is 251 g/mol. The van der Waals surface area contributed by atoms with Gasteiger partial charge in [0.05, 0.1) is 5.56 Å². The Morgan fingerprint density at radius 3 is 2.17 bits per heavy atom. The molecule has 0 heterocycles. The molecule has 1 aliphatic rings. The van der Waals surface area contributed by atoms with Gasteiger partial charge in [-0.1, -0.05) is 30.3 Å². The molecule has 3 rings (SSSR count). The second-order valence-corrected chi connectivity index (χ2v) is 4.86. The van der Waals surface area contributed by atoms with E-state index < -0.39 is 17.3 Å². The van der Waals surface area contributed by atoms with E-state index in [1.54, 1.807) is 12.1 Å². The minimum atomic E-state index is -4.33. The van der Waals surface area contributed by atoms with Crippen molar-refractivity contribution in [2.24, 2.45) is 5.73 Å². The molecule has 1 fully saturated rings. The Labute approximate surface area is 102 Å². The third-order valence-electron chi connectivity index (χ3n) is 3.55. The Kier molecular flexibility index (Phi) is 2.23. The highest BCUT2D eigenvalue weighted by Gasteiger charge is 2.41. The fourth-order valence-corrected chi connectivity index (χ4v) is 2.40. The van der Waals surface area contributed by atoms with Crippen molar-refractivity contribution in [3.8, 4) is 0 Å². The summed E-state index contributed by atoms with van der Waals surface area (Å²) < 4.78 is 38.8. The molecule has 4 heteroatoms. The molecule has 2 N–H and O–H groups in total.